The Morgan fingerprint density at radius 2 is 0.600 bits per heavy atom. The SMILES string of the molecule is CC1(C)c2ccccc2-c2ccc(-c3ccc(N(c4ccc(-c5ccc(-c6ccccc6)cc5)cc4)c4ccc([Si](c5ccccc5)(c5ccccc5)c5ccccc5)cc4)cc3)cc21. The number of nitrogens with zero attached hydrogens (tertiary/aromatic N) is 1. The molecule has 0 spiro atoms. The standard InChI is InChI=1S/C63H49NSi/c1-63(2)61-26-16-15-25-59(61)60-44-35-51(45-62(60)63)50-33-38-53(39-34-50)64(52-36-31-49(32-37-52)48-29-27-47(28-30-48)46-17-7-3-8-18-46)54-40-42-58(43-41-54)65(55-19-9-4-10-20-55,56-21-11-5-12-22-56)57-23-13-6-14-24-57/h3-45H,1-2H3. The predicted octanol–water partition coefficient (Wildman–Crippen LogP) is 13.8. The molecule has 0 saturated heterocycles. The van der Waals surface area contributed by atoms with Crippen molar-refractivity contribution >= 4 is 45.9 Å². The van der Waals surface area contributed by atoms with Gasteiger partial charge in [0.25, 0.3) is 0 Å². The Bertz CT molecular complexity index is 3120. The summed E-state index contributed by atoms with van der Waals surface area (Å²) in [5, 5.41) is 5.44. The van der Waals surface area contributed by atoms with Crippen molar-refractivity contribution in [1.82, 2.24) is 0 Å². The number of hydrogen-bond acceptors (Lipinski definition) is 1. The van der Waals surface area contributed by atoms with Crippen LogP contribution in [0.25, 0.3) is 44.5 Å². The molecule has 10 aromatic carbocycles. The van der Waals surface area contributed by atoms with Gasteiger partial charge in [0.2, 0.25) is 0 Å². The number of fused-ring (bicyclic) bond motifs is 3. The van der Waals surface area contributed by atoms with Gasteiger partial charge in [-0.25, -0.2) is 0 Å². The highest BCUT2D eigenvalue weighted by Crippen LogP contribution is 2.49. The molecule has 0 fully saturated rings. The highest BCUT2D eigenvalue weighted by Gasteiger charge is 2.41. The van der Waals surface area contributed by atoms with Crippen molar-refractivity contribution in [3.63, 3.8) is 0 Å². The second-order valence-corrected chi connectivity index (χ2v) is 21.5. The van der Waals surface area contributed by atoms with E-state index in [-0.39, 0.29) is 5.41 Å². The molecule has 0 aromatic heterocycles. The minimum Gasteiger partial charge on any atom is -0.311 e. The lowest BCUT2D eigenvalue weighted by molar-refractivity contribution is 0.660. The summed E-state index contributed by atoms with van der Waals surface area (Å²) >= 11 is 0. The molecule has 65 heavy (non-hydrogen) atoms. The largest absolute Gasteiger partial charge is 0.311 e. The molecule has 0 N–H and O–H groups in total. The van der Waals surface area contributed by atoms with E-state index in [0.29, 0.717) is 0 Å². The van der Waals surface area contributed by atoms with Crippen LogP contribution in [0, 0.1) is 0 Å². The topological polar surface area (TPSA) is 3.24 Å². The first-order valence-electron chi connectivity index (χ1n) is 22.7. The van der Waals surface area contributed by atoms with Crippen molar-refractivity contribution in [3.8, 4) is 44.5 Å². The van der Waals surface area contributed by atoms with E-state index < -0.39 is 8.07 Å². The first kappa shape index (κ1) is 40.0. The van der Waals surface area contributed by atoms with Gasteiger partial charge in [-0.05, 0) is 119 Å². The average molecular weight is 848 g/mol. The Kier molecular flexibility index (Phi) is 10.3. The van der Waals surface area contributed by atoms with E-state index in [2.05, 4.69) is 280 Å². The van der Waals surface area contributed by atoms with Gasteiger partial charge in [0.1, 0.15) is 0 Å². The molecule has 310 valence electrons. The maximum atomic E-state index is 2.41. The van der Waals surface area contributed by atoms with Crippen LogP contribution in [0.1, 0.15) is 25.0 Å². The molecule has 0 unspecified atom stereocenters. The molecule has 0 amide bonds. The molecule has 1 aliphatic carbocycles. The van der Waals surface area contributed by atoms with Gasteiger partial charge in [-0.2, -0.15) is 0 Å². The van der Waals surface area contributed by atoms with Crippen molar-refractivity contribution in [2.45, 2.75) is 19.3 Å². The molecule has 2 heteroatoms. The quantitative estimate of drug-likeness (QED) is 0.0979. The Morgan fingerprint density at radius 1 is 0.277 bits per heavy atom. The van der Waals surface area contributed by atoms with Crippen molar-refractivity contribution in [2.24, 2.45) is 0 Å². The lowest BCUT2D eigenvalue weighted by Crippen LogP contribution is -2.74. The van der Waals surface area contributed by atoms with Crippen LogP contribution >= 0.6 is 0 Å². The normalized spacial score (nSPS) is 12.6. The lowest BCUT2D eigenvalue weighted by atomic mass is 9.81. The van der Waals surface area contributed by atoms with Crippen LogP contribution in [0.15, 0.2) is 261 Å². The zero-order chi connectivity index (χ0) is 43.8. The van der Waals surface area contributed by atoms with E-state index in [0.717, 1.165) is 17.1 Å². The van der Waals surface area contributed by atoms with Crippen LogP contribution in [0.4, 0.5) is 17.1 Å². The Labute approximate surface area is 384 Å². The average Bonchev–Trinajstić information content (AvgIpc) is 3.61. The first-order valence-corrected chi connectivity index (χ1v) is 24.7. The molecule has 1 aliphatic rings. The van der Waals surface area contributed by atoms with E-state index in [1.807, 2.05) is 0 Å². The Balaban J connectivity index is 0.997. The van der Waals surface area contributed by atoms with Crippen molar-refractivity contribution in [3.05, 3.63) is 272 Å². The van der Waals surface area contributed by atoms with Crippen molar-refractivity contribution in [1.29, 1.82) is 0 Å². The second-order valence-electron chi connectivity index (χ2n) is 17.7. The molecule has 11 rings (SSSR count). The van der Waals surface area contributed by atoms with Crippen LogP contribution < -0.4 is 25.6 Å². The van der Waals surface area contributed by atoms with Gasteiger partial charge in [-0.1, -0.05) is 232 Å². The summed E-state index contributed by atoms with van der Waals surface area (Å²) in [6.07, 6.45) is 0. The van der Waals surface area contributed by atoms with E-state index in [4.69, 9.17) is 0 Å². The van der Waals surface area contributed by atoms with Gasteiger partial charge in [-0.3, -0.25) is 0 Å². The van der Waals surface area contributed by atoms with E-state index in [1.165, 1.54) is 76.4 Å². The van der Waals surface area contributed by atoms with Gasteiger partial charge in [0.05, 0.1) is 0 Å². The fraction of sp³-hybridized carbons (Fsp3) is 0.0476. The molecule has 0 bridgehead atoms. The van der Waals surface area contributed by atoms with Crippen LogP contribution in [-0.2, 0) is 5.41 Å². The Morgan fingerprint density at radius 3 is 1.08 bits per heavy atom. The molecular formula is C63H49NSi. The highest BCUT2D eigenvalue weighted by molar-refractivity contribution is 7.19. The van der Waals surface area contributed by atoms with Crippen molar-refractivity contribution < 1.29 is 0 Å². The molecule has 0 heterocycles. The zero-order valence-electron chi connectivity index (χ0n) is 36.8. The van der Waals surface area contributed by atoms with Crippen LogP contribution in [0.2, 0.25) is 0 Å². The summed E-state index contributed by atoms with van der Waals surface area (Å²) in [7, 11) is -2.69. The highest BCUT2D eigenvalue weighted by atomic mass is 28.3. The maximum Gasteiger partial charge on any atom is 0.179 e. The third kappa shape index (κ3) is 7.13. The summed E-state index contributed by atoms with van der Waals surface area (Å²) in [4.78, 5) is 2.40. The van der Waals surface area contributed by atoms with Crippen molar-refractivity contribution in [2.75, 3.05) is 4.90 Å². The van der Waals surface area contributed by atoms with Gasteiger partial charge >= 0.3 is 0 Å². The number of benzene rings is 10. The van der Waals surface area contributed by atoms with Gasteiger partial charge in [-0.15, -0.1) is 0 Å². The third-order valence-corrected chi connectivity index (χ3v) is 18.5. The summed E-state index contributed by atoms with van der Waals surface area (Å²) < 4.78 is 0. The Hall–Kier alpha value is -7.78. The van der Waals surface area contributed by atoms with Gasteiger partial charge in [0, 0.05) is 22.5 Å². The first-order chi connectivity index (χ1) is 32.0. The molecule has 0 saturated carbocycles. The van der Waals surface area contributed by atoms with E-state index >= 15 is 0 Å². The molecular weight excluding hydrogens is 799 g/mol. The maximum absolute atomic E-state index is 2.69. The lowest BCUT2D eigenvalue weighted by Gasteiger charge is -2.35. The molecule has 0 atom stereocenters. The summed E-state index contributed by atoms with van der Waals surface area (Å²) in [5.41, 5.74) is 16.0. The predicted molar refractivity (Wildman–Crippen MR) is 279 cm³/mol. The van der Waals surface area contributed by atoms with Crippen LogP contribution in [0.5, 0.6) is 0 Å². The molecule has 0 radical (unpaired) electrons. The molecule has 0 aliphatic heterocycles. The minimum absolute atomic E-state index is 0.0527. The fourth-order valence-corrected chi connectivity index (χ4v) is 15.1. The molecule has 1 nitrogen and oxygen atoms in total. The van der Waals surface area contributed by atoms with E-state index in [1.54, 1.807) is 0 Å². The summed E-state index contributed by atoms with van der Waals surface area (Å²) in [6.45, 7) is 4.70. The second kappa shape index (κ2) is 16.7. The smallest absolute Gasteiger partial charge is 0.179 e. The fourth-order valence-electron chi connectivity index (χ4n) is 10.3. The zero-order valence-corrected chi connectivity index (χ0v) is 37.8. The minimum atomic E-state index is -2.69. The number of anilines is 3. The molecule has 10 aromatic rings. The van der Waals surface area contributed by atoms with E-state index in [9.17, 15) is 0 Å². The summed E-state index contributed by atoms with van der Waals surface area (Å²) in [6, 6.07) is 96.4. The number of rotatable bonds is 10. The number of hydrogen-bond donors (Lipinski definition) is 0. The van der Waals surface area contributed by atoms with Gasteiger partial charge < -0.3 is 4.90 Å². The summed E-state index contributed by atoms with van der Waals surface area (Å²) in [5.74, 6) is 0. The third-order valence-electron chi connectivity index (χ3n) is 13.7. The monoisotopic (exact) mass is 847 g/mol. The van der Waals surface area contributed by atoms with Crippen LogP contribution in [-0.4, -0.2) is 8.07 Å². The van der Waals surface area contributed by atoms with Crippen LogP contribution in [0.3, 0.4) is 0 Å². The van der Waals surface area contributed by atoms with Gasteiger partial charge in [0.15, 0.2) is 8.07 Å².